The summed E-state index contributed by atoms with van der Waals surface area (Å²) in [5, 5.41) is 0. The highest BCUT2D eigenvalue weighted by Gasteiger charge is 2.13. The minimum atomic E-state index is -3.45. The van der Waals surface area contributed by atoms with Gasteiger partial charge in [0.2, 0.25) is 9.05 Å². The van der Waals surface area contributed by atoms with Crippen LogP contribution in [0.15, 0.2) is 12.1 Å². The summed E-state index contributed by atoms with van der Waals surface area (Å²) in [4.78, 5) is 0. The Morgan fingerprint density at radius 1 is 1.33 bits per heavy atom. The fraction of sp³-hybridized carbons (Fsp3) is 0.538. The highest BCUT2D eigenvalue weighted by atomic mass is 35.7. The quantitative estimate of drug-likeness (QED) is 0.782. The number of rotatable bonds is 5. The van der Waals surface area contributed by atoms with E-state index in [1.165, 1.54) is 0 Å². The standard InChI is InChI=1S/C13H19ClO3S/c1-9(2)12-8-11(5-6-18(14,15)16)10(3)7-13(12)17-4/h7-9H,5-6H2,1-4H3. The van der Waals surface area contributed by atoms with E-state index in [1.807, 2.05) is 19.1 Å². The molecule has 1 aromatic rings. The maximum Gasteiger partial charge on any atom is 0.232 e. The van der Waals surface area contributed by atoms with E-state index < -0.39 is 9.05 Å². The van der Waals surface area contributed by atoms with Crippen molar-refractivity contribution in [1.29, 1.82) is 0 Å². The highest BCUT2D eigenvalue weighted by molar-refractivity contribution is 8.13. The minimum Gasteiger partial charge on any atom is -0.496 e. The van der Waals surface area contributed by atoms with Crippen LogP contribution >= 0.6 is 10.7 Å². The van der Waals surface area contributed by atoms with E-state index in [0.29, 0.717) is 12.3 Å². The second-order valence-electron chi connectivity index (χ2n) is 4.67. The smallest absolute Gasteiger partial charge is 0.232 e. The zero-order chi connectivity index (χ0) is 13.9. The Labute approximate surface area is 114 Å². The van der Waals surface area contributed by atoms with Gasteiger partial charge in [0, 0.05) is 10.7 Å². The molecule has 1 rings (SSSR count). The molecular formula is C13H19ClO3S. The minimum absolute atomic E-state index is 0.0424. The average molecular weight is 291 g/mol. The number of hydrogen-bond acceptors (Lipinski definition) is 3. The Kier molecular flexibility index (Phi) is 5.05. The van der Waals surface area contributed by atoms with Crippen molar-refractivity contribution in [3.63, 3.8) is 0 Å². The van der Waals surface area contributed by atoms with E-state index in [0.717, 1.165) is 22.4 Å². The van der Waals surface area contributed by atoms with Crippen molar-refractivity contribution in [3.8, 4) is 5.75 Å². The first-order chi connectivity index (χ1) is 8.24. The van der Waals surface area contributed by atoms with Crippen molar-refractivity contribution >= 4 is 19.7 Å². The van der Waals surface area contributed by atoms with Crippen molar-refractivity contribution < 1.29 is 13.2 Å². The van der Waals surface area contributed by atoms with Gasteiger partial charge in [-0.1, -0.05) is 19.9 Å². The number of ether oxygens (including phenoxy) is 1. The van der Waals surface area contributed by atoms with Crippen molar-refractivity contribution in [2.45, 2.75) is 33.1 Å². The Morgan fingerprint density at radius 3 is 2.39 bits per heavy atom. The predicted molar refractivity (Wildman–Crippen MR) is 75.2 cm³/mol. The molecule has 1 aromatic carbocycles. The first kappa shape index (κ1) is 15.3. The molecular weight excluding hydrogens is 272 g/mol. The van der Waals surface area contributed by atoms with Crippen LogP contribution < -0.4 is 4.74 Å². The lowest BCUT2D eigenvalue weighted by Crippen LogP contribution is -2.05. The van der Waals surface area contributed by atoms with Crippen LogP contribution in [0.2, 0.25) is 0 Å². The fourth-order valence-corrected chi connectivity index (χ4v) is 2.57. The molecule has 3 nitrogen and oxygen atoms in total. The average Bonchev–Trinajstić information content (AvgIpc) is 2.25. The van der Waals surface area contributed by atoms with Crippen LogP contribution in [-0.2, 0) is 15.5 Å². The molecule has 0 aliphatic carbocycles. The first-order valence-electron chi connectivity index (χ1n) is 5.84. The van der Waals surface area contributed by atoms with E-state index in [-0.39, 0.29) is 5.75 Å². The van der Waals surface area contributed by atoms with Crippen molar-refractivity contribution in [1.82, 2.24) is 0 Å². The zero-order valence-electron chi connectivity index (χ0n) is 11.2. The van der Waals surface area contributed by atoms with E-state index >= 15 is 0 Å². The van der Waals surface area contributed by atoms with E-state index in [9.17, 15) is 8.42 Å². The van der Waals surface area contributed by atoms with Crippen molar-refractivity contribution in [2.24, 2.45) is 0 Å². The number of hydrogen-bond donors (Lipinski definition) is 0. The topological polar surface area (TPSA) is 43.4 Å². The second kappa shape index (κ2) is 5.93. The summed E-state index contributed by atoms with van der Waals surface area (Å²) in [5.41, 5.74) is 3.12. The molecule has 18 heavy (non-hydrogen) atoms. The van der Waals surface area contributed by atoms with Crippen LogP contribution in [0.5, 0.6) is 5.75 Å². The third-order valence-electron chi connectivity index (χ3n) is 2.93. The van der Waals surface area contributed by atoms with Crippen LogP contribution in [-0.4, -0.2) is 21.3 Å². The van der Waals surface area contributed by atoms with Gasteiger partial charge in [0.05, 0.1) is 12.9 Å². The Hall–Kier alpha value is -0.740. The molecule has 5 heteroatoms. The van der Waals surface area contributed by atoms with Gasteiger partial charge < -0.3 is 4.74 Å². The molecule has 0 atom stereocenters. The van der Waals surface area contributed by atoms with Crippen molar-refractivity contribution in [2.75, 3.05) is 12.9 Å². The third-order valence-corrected chi connectivity index (χ3v) is 4.08. The summed E-state index contributed by atoms with van der Waals surface area (Å²) < 4.78 is 27.3. The fourth-order valence-electron chi connectivity index (χ4n) is 1.87. The molecule has 0 saturated carbocycles. The molecule has 0 spiro atoms. The summed E-state index contributed by atoms with van der Waals surface area (Å²) in [6.07, 6.45) is 0.432. The van der Waals surface area contributed by atoms with E-state index in [1.54, 1.807) is 7.11 Å². The van der Waals surface area contributed by atoms with Crippen LogP contribution in [0.1, 0.15) is 36.5 Å². The van der Waals surface area contributed by atoms with Gasteiger partial charge >= 0.3 is 0 Å². The summed E-state index contributed by atoms with van der Waals surface area (Å²) in [6, 6.07) is 3.96. The molecule has 0 amide bonds. The predicted octanol–water partition coefficient (Wildman–Crippen LogP) is 3.24. The molecule has 0 N–H and O–H groups in total. The van der Waals surface area contributed by atoms with Gasteiger partial charge in [0.25, 0.3) is 0 Å². The largest absolute Gasteiger partial charge is 0.496 e. The number of aryl methyl sites for hydroxylation is 2. The van der Waals surface area contributed by atoms with E-state index in [2.05, 4.69) is 13.8 Å². The van der Waals surface area contributed by atoms with E-state index in [4.69, 9.17) is 15.4 Å². The Bertz CT molecular complexity index is 521. The van der Waals surface area contributed by atoms with Gasteiger partial charge in [-0.2, -0.15) is 0 Å². The van der Waals surface area contributed by atoms with Gasteiger partial charge in [-0.05, 0) is 42.0 Å². The molecule has 0 fully saturated rings. The molecule has 0 bridgehead atoms. The van der Waals surface area contributed by atoms with Gasteiger partial charge in [-0.15, -0.1) is 0 Å². The molecule has 0 radical (unpaired) electrons. The third kappa shape index (κ3) is 4.18. The molecule has 0 aliphatic heterocycles. The summed E-state index contributed by atoms with van der Waals surface area (Å²) in [7, 11) is 3.44. The summed E-state index contributed by atoms with van der Waals surface area (Å²) in [5.74, 6) is 1.13. The Morgan fingerprint density at radius 2 is 1.94 bits per heavy atom. The second-order valence-corrected chi connectivity index (χ2v) is 7.56. The molecule has 0 aliphatic rings. The van der Waals surface area contributed by atoms with Gasteiger partial charge in [-0.3, -0.25) is 0 Å². The number of benzene rings is 1. The lowest BCUT2D eigenvalue weighted by molar-refractivity contribution is 0.407. The molecule has 0 unspecified atom stereocenters. The van der Waals surface area contributed by atoms with Crippen LogP contribution in [0.25, 0.3) is 0 Å². The van der Waals surface area contributed by atoms with Gasteiger partial charge in [0.15, 0.2) is 0 Å². The normalized spacial score (nSPS) is 11.9. The summed E-state index contributed by atoms with van der Waals surface area (Å²) in [6.45, 7) is 6.10. The number of halogens is 1. The summed E-state index contributed by atoms with van der Waals surface area (Å²) >= 11 is 0. The SMILES string of the molecule is COc1cc(C)c(CCS(=O)(=O)Cl)cc1C(C)C. The molecule has 102 valence electrons. The van der Waals surface area contributed by atoms with Crippen LogP contribution in [0.3, 0.4) is 0 Å². The lowest BCUT2D eigenvalue weighted by Gasteiger charge is -2.15. The first-order valence-corrected chi connectivity index (χ1v) is 8.32. The van der Waals surface area contributed by atoms with Crippen LogP contribution in [0, 0.1) is 6.92 Å². The number of methoxy groups -OCH3 is 1. The lowest BCUT2D eigenvalue weighted by atomic mass is 9.95. The van der Waals surface area contributed by atoms with Crippen LogP contribution in [0.4, 0.5) is 0 Å². The maximum absolute atomic E-state index is 11.0. The Balaban J connectivity index is 3.09. The molecule has 0 aromatic heterocycles. The maximum atomic E-state index is 11.0. The molecule has 0 heterocycles. The van der Waals surface area contributed by atoms with Gasteiger partial charge in [-0.25, -0.2) is 8.42 Å². The zero-order valence-corrected chi connectivity index (χ0v) is 12.7. The molecule has 0 saturated heterocycles. The van der Waals surface area contributed by atoms with Crippen molar-refractivity contribution in [3.05, 3.63) is 28.8 Å². The highest BCUT2D eigenvalue weighted by Crippen LogP contribution is 2.30. The van der Waals surface area contributed by atoms with Gasteiger partial charge in [0.1, 0.15) is 5.75 Å². The monoisotopic (exact) mass is 290 g/mol.